The van der Waals surface area contributed by atoms with Gasteiger partial charge in [0.1, 0.15) is 11.4 Å². The zero-order valence-electron chi connectivity index (χ0n) is 11.2. The van der Waals surface area contributed by atoms with E-state index in [0.29, 0.717) is 23.0 Å². The molecular weight excluding hydrogens is 246 g/mol. The fourth-order valence-corrected chi connectivity index (χ4v) is 2.14. The first-order valence-corrected chi connectivity index (χ1v) is 6.30. The third kappa shape index (κ3) is 3.14. The van der Waals surface area contributed by atoms with Crippen molar-refractivity contribution in [3.05, 3.63) is 17.8 Å². The summed E-state index contributed by atoms with van der Waals surface area (Å²) in [6, 6.07) is 1.74. The van der Waals surface area contributed by atoms with Crippen molar-refractivity contribution in [2.75, 3.05) is 31.4 Å². The molecule has 2 rings (SSSR count). The number of nitrogens with one attached hydrogen (secondary N) is 1. The van der Waals surface area contributed by atoms with E-state index in [4.69, 9.17) is 15.2 Å². The Balaban J connectivity index is 2.16. The maximum absolute atomic E-state index is 11.7. The third-order valence-electron chi connectivity index (χ3n) is 3.35. The molecule has 1 aliphatic heterocycles. The van der Waals surface area contributed by atoms with Crippen molar-refractivity contribution in [2.24, 2.45) is 5.92 Å². The quantitative estimate of drug-likeness (QED) is 0.798. The SMILES string of the molecule is COC(=O)c1cc(N)cnc1NC(C)C1CCOC1. The van der Waals surface area contributed by atoms with E-state index in [1.807, 2.05) is 0 Å². The predicted octanol–water partition coefficient (Wildman–Crippen LogP) is 1.29. The van der Waals surface area contributed by atoms with Crippen LogP contribution in [0.4, 0.5) is 11.5 Å². The van der Waals surface area contributed by atoms with Crippen LogP contribution in [0.2, 0.25) is 0 Å². The zero-order valence-corrected chi connectivity index (χ0v) is 11.2. The molecule has 2 atom stereocenters. The van der Waals surface area contributed by atoms with Crippen molar-refractivity contribution in [3.8, 4) is 0 Å². The molecule has 2 unspecified atom stereocenters. The summed E-state index contributed by atoms with van der Waals surface area (Å²) in [6.45, 7) is 3.57. The second kappa shape index (κ2) is 5.88. The van der Waals surface area contributed by atoms with Crippen molar-refractivity contribution >= 4 is 17.5 Å². The van der Waals surface area contributed by atoms with Crippen LogP contribution in [-0.2, 0) is 9.47 Å². The number of carbonyl (C=O) groups is 1. The fraction of sp³-hybridized carbons (Fsp3) is 0.538. The Morgan fingerprint density at radius 2 is 2.47 bits per heavy atom. The van der Waals surface area contributed by atoms with E-state index in [1.54, 1.807) is 6.07 Å². The number of nitrogen functional groups attached to an aromatic ring is 1. The van der Waals surface area contributed by atoms with Gasteiger partial charge in [-0.1, -0.05) is 0 Å². The number of methoxy groups -OCH3 is 1. The first-order valence-electron chi connectivity index (χ1n) is 6.30. The molecule has 19 heavy (non-hydrogen) atoms. The molecule has 1 fully saturated rings. The van der Waals surface area contributed by atoms with Crippen molar-refractivity contribution < 1.29 is 14.3 Å². The Morgan fingerprint density at radius 3 is 3.11 bits per heavy atom. The van der Waals surface area contributed by atoms with Crippen LogP contribution in [0, 0.1) is 5.92 Å². The molecule has 1 saturated heterocycles. The topological polar surface area (TPSA) is 86.5 Å². The van der Waals surface area contributed by atoms with Crippen LogP contribution in [0.25, 0.3) is 0 Å². The Labute approximate surface area is 112 Å². The van der Waals surface area contributed by atoms with E-state index < -0.39 is 5.97 Å². The lowest BCUT2D eigenvalue weighted by molar-refractivity contribution is 0.0601. The van der Waals surface area contributed by atoms with Gasteiger partial charge in [0.25, 0.3) is 0 Å². The van der Waals surface area contributed by atoms with Crippen LogP contribution in [0.3, 0.4) is 0 Å². The highest BCUT2D eigenvalue weighted by Crippen LogP contribution is 2.22. The lowest BCUT2D eigenvalue weighted by atomic mass is 10.0. The molecular formula is C13H19N3O3. The minimum absolute atomic E-state index is 0.169. The van der Waals surface area contributed by atoms with Crippen LogP contribution >= 0.6 is 0 Å². The highest BCUT2D eigenvalue weighted by Gasteiger charge is 2.24. The molecule has 3 N–H and O–H groups in total. The smallest absolute Gasteiger partial charge is 0.341 e. The monoisotopic (exact) mass is 265 g/mol. The Bertz CT molecular complexity index is 458. The average molecular weight is 265 g/mol. The largest absolute Gasteiger partial charge is 0.465 e. The number of nitrogens with two attached hydrogens (primary N) is 1. The van der Waals surface area contributed by atoms with Crippen LogP contribution < -0.4 is 11.1 Å². The summed E-state index contributed by atoms with van der Waals surface area (Å²) in [5.74, 6) is 0.475. The van der Waals surface area contributed by atoms with Crippen LogP contribution in [0.5, 0.6) is 0 Å². The molecule has 1 aliphatic rings. The summed E-state index contributed by atoms with van der Waals surface area (Å²) >= 11 is 0. The normalized spacial score (nSPS) is 20.0. The molecule has 104 valence electrons. The molecule has 0 spiro atoms. The number of carbonyl (C=O) groups excluding carboxylic acids is 1. The number of rotatable bonds is 4. The van der Waals surface area contributed by atoms with Gasteiger partial charge in [0, 0.05) is 18.6 Å². The lowest BCUT2D eigenvalue weighted by Gasteiger charge is -2.21. The van der Waals surface area contributed by atoms with Gasteiger partial charge < -0.3 is 20.5 Å². The van der Waals surface area contributed by atoms with Gasteiger partial charge in [-0.05, 0) is 19.4 Å². The molecule has 6 nitrogen and oxygen atoms in total. The van der Waals surface area contributed by atoms with Crippen molar-refractivity contribution in [3.63, 3.8) is 0 Å². The number of aromatic nitrogens is 1. The van der Waals surface area contributed by atoms with E-state index in [-0.39, 0.29) is 6.04 Å². The molecule has 0 aliphatic carbocycles. The maximum atomic E-state index is 11.7. The number of pyridine rings is 1. The van der Waals surface area contributed by atoms with Crippen LogP contribution in [0.15, 0.2) is 12.3 Å². The van der Waals surface area contributed by atoms with Crippen LogP contribution in [-0.4, -0.2) is 37.3 Å². The lowest BCUT2D eigenvalue weighted by Crippen LogP contribution is -2.27. The van der Waals surface area contributed by atoms with Gasteiger partial charge in [0.05, 0.1) is 25.6 Å². The second-order valence-electron chi connectivity index (χ2n) is 4.71. The Hall–Kier alpha value is -1.82. The van der Waals surface area contributed by atoms with Crippen molar-refractivity contribution in [1.82, 2.24) is 4.98 Å². The molecule has 0 amide bonds. The number of hydrogen-bond donors (Lipinski definition) is 2. The van der Waals surface area contributed by atoms with Crippen molar-refractivity contribution in [2.45, 2.75) is 19.4 Å². The summed E-state index contributed by atoms with van der Waals surface area (Å²) in [7, 11) is 1.34. The third-order valence-corrected chi connectivity index (χ3v) is 3.35. The molecule has 0 aromatic carbocycles. The molecule has 0 radical (unpaired) electrons. The summed E-state index contributed by atoms with van der Waals surface area (Å²) < 4.78 is 10.1. The fourth-order valence-electron chi connectivity index (χ4n) is 2.14. The molecule has 1 aromatic heterocycles. The van der Waals surface area contributed by atoms with Gasteiger partial charge in [-0.25, -0.2) is 9.78 Å². The first-order chi connectivity index (χ1) is 9.11. The van der Waals surface area contributed by atoms with E-state index >= 15 is 0 Å². The van der Waals surface area contributed by atoms with Gasteiger partial charge >= 0.3 is 5.97 Å². The molecule has 2 heterocycles. The summed E-state index contributed by atoms with van der Waals surface area (Å²) in [6.07, 6.45) is 2.53. The number of hydrogen-bond acceptors (Lipinski definition) is 6. The highest BCUT2D eigenvalue weighted by molar-refractivity contribution is 5.95. The van der Waals surface area contributed by atoms with Gasteiger partial charge in [0.2, 0.25) is 0 Å². The molecule has 0 bridgehead atoms. The number of anilines is 2. The van der Waals surface area contributed by atoms with Gasteiger partial charge in [-0.3, -0.25) is 0 Å². The van der Waals surface area contributed by atoms with Crippen LogP contribution in [0.1, 0.15) is 23.7 Å². The Kier molecular flexibility index (Phi) is 4.21. The van der Waals surface area contributed by atoms with E-state index in [0.717, 1.165) is 19.6 Å². The number of nitrogens with zero attached hydrogens (tertiary/aromatic N) is 1. The van der Waals surface area contributed by atoms with Crippen molar-refractivity contribution in [1.29, 1.82) is 0 Å². The standard InChI is InChI=1S/C13H19N3O3/c1-8(9-3-4-19-7-9)16-12-11(13(17)18-2)5-10(14)6-15-12/h5-6,8-9H,3-4,7,14H2,1-2H3,(H,15,16). The zero-order chi connectivity index (χ0) is 13.8. The summed E-state index contributed by atoms with van der Waals surface area (Å²) in [5, 5.41) is 3.25. The van der Waals surface area contributed by atoms with E-state index in [1.165, 1.54) is 13.3 Å². The number of ether oxygens (including phenoxy) is 2. The molecule has 1 aromatic rings. The second-order valence-corrected chi connectivity index (χ2v) is 4.71. The predicted molar refractivity (Wildman–Crippen MR) is 72.0 cm³/mol. The molecule has 0 saturated carbocycles. The average Bonchev–Trinajstić information content (AvgIpc) is 2.94. The van der Waals surface area contributed by atoms with E-state index in [2.05, 4.69) is 17.2 Å². The van der Waals surface area contributed by atoms with Gasteiger partial charge in [-0.2, -0.15) is 0 Å². The highest BCUT2D eigenvalue weighted by atomic mass is 16.5. The molecule has 6 heteroatoms. The van der Waals surface area contributed by atoms with Gasteiger partial charge in [-0.15, -0.1) is 0 Å². The minimum Gasteiger partial charge on any atom is -0.465 e. The number of esters is 1. The van der Waals surface area contributed by atoms with Gasteiger partial charge in [0.15, 0.2) is 0 Å². The minimum atomic E-state index is -0.447. The van der Waals surface area contributed by atoms with E-state index in [9.17, 15) is 4.79 Å². The maximum Gasteiger partial charge on any atom is 0.341 e. The Morgan fingerprint density at radius 1 is 1.68 bits per heavy atom. The summed E-state index contributed by atoms with van der Waals surface area (Å²) in [5.41, 5.74) is 6.44. The summed E-state index contributed by atoms with van der Waals surface area (Å²) in [4.78, 5) is 15.9. The first kappa shape index (κ1) is 13.6.